The average Bonchev–Trinajstić information content (AvgIpc) is 2.35. The predicted molar refractivity (Wildman–Crippen MR) is 63.8 cm³/mol. The number of benzene rings is 1. The summed E-state index contributed by atoms with van der Waals surface area (Å²) in [5, 5.41) is 3.72. The monoisotopic (exact) mass is 274 g/mol. The molecule has 0 bridgehead atoms. The molecule has 0 aliphatic heterocycles. The molecule has 0 radical (unpaired) electrons. The van der Waals surface area contributed by atoms with E-state index in [0.717, 1.165) is 12.1 Å². The molecule has 0 aliphatic rings. The largest absolute Gasteiger partial charge is 0.449 e. The van der Waals surface area contributed by atoms with E-state index in [1.807, 2.05) is 0 Å². The van der Waals surface area contributed by atoms with Gasteiger partial charge in [-0.05, 0) is 31.5 Å². The van der Waals surface area contributed by atoms with E-state index in [0.29, 0.717) is 11.3 Å². The van der Waals surface area contributed by atoms with Crippen molar-refractivity contribution in [2.45, 2.75) is 20.0 Å². The van der Waals surface area contributed by atoms with Crippen LogP contribution in [0.1, 0.15) is 25.0 Å². The SMILES string of the molecule is CCOC(=O)NN=C(C)c1ccc(C(F)(F)F)cc1. The molecule has 4 nitrogen and oxygen atoms in total. The Morgan fingerprint density at radius 1 is 1.32 bits per heavy atom. The normalized spacial score (nSPS) is 12.2. The Kier molecular flexibility index (Phi) is 4.91. The van der Waals surface area contributed by atoms with Crippen LogP contribution in [-0.4, -0.2) is 18.4 Å². The van der Waals surface area contributed by atoms with Gasteiger partial charge in [0.15, 0.2) is 0 Å². The lowest BCUT2D eigenvalue weighted by Crippen LogP contribution is -2.20. The molecule has 0 unspecified atom stereocenters. The zero-order valence-electron chi connectivity index (χ0n) is 10.4. The van der Waals surface area contributed by atoms with Crippen LogP contribution < -0.4 is 5.43 Å². The van der Waals surface area contributed by atoms with E-state index in [2.05, 4.69) is 15.3 Å². The van der Waals surface area contributed by atoms with Crippen molar-refractivity contribution in [3.63, 3.8) is 0 Å². The molecule has 0 heterocycles. The lowest BCUT2D eigenvalue weighted by atomic mass is 10.1. The first-order valence-corrected chi connectivity index (χ1v) is 5.49. The summed E-state index contributed by atoms with van der Waals surface area (Å²) in [6.07, 6.45) is -5.08. The predicted octanol–water partition coefficient (Wildman–Crippen LogP) is 3.18. The van der Waals surface area contributed by atoms with Crippen LogP contribution >= 0.6 is 0 Å². The van der Waals surface area contributed by atoms with E-state index in [1.165, 1.54) is 12.1 Å². The molecule has 1 N–H and O–H groups in total. The first-order chi connectivity index (χ1) is 8.84. The summed E-state index contributed by atoms with van der Waals surface area (Å²) in [6, 6.07) is 4.49. The van der Waals surface area contributed by atoms with Crippen LogP contribution in [-0.2, 0) is 10.9 Å². The molecular formula is C12H13F3N2O2. The van der Waals surface area contributed by atoms with Gasteiger partial charge in [0.2, 0.25) is 0 Å². The molecule has 0 fully saturated rings. The maximum Gasteiger partial charge on any atom is 0.427 e. The number of hydrogen-bond donors (Lipinski definition) is 1. The number of hydrazone groups is 1. The minimum atomic E-state index is -4.37. The number of nitrogens with one attached hydrogen (secondary N) is 1. The average molecular weight is 274 g/mol. The summed E-state index contributed by atoms with van der Waals surface area (Å²) >= 11 is 0. The zero-order chi connectivity index (χ0) is 14.5. The molecule has 19 heavy (non-hydrogen) atoms. The third-order valence-electron chi connectivity index (χ3n) is 2.22. The molecule has 0 aromatic heterocycles. The van der Waals surface area contributed by atoms with E-state index in [-0.39, 0.29) is 6.61 Å². The summed E-state index contributed by atoms with van der Waals surface area (Å²) in [5.41, 5.74) is 2.25. The highest BCUT2D eigenvalue weighted by Crippen LogP contribution is 2.29. The number of nitrogens with zero attached hydrogens (tertiary/aromatic N) is 1. The van der Waals surface area contributed by atoms with E-state index < -0.39 is 17.8 Å². The number of carbonyl (C=O) groups is 1. The Hall–Kier alpha value is -2.05. The second kappa shape index (κ2) is 6.21. The summed E-state index contributed by atoms with van der Waals surface area (Å²) in [5.74, 6) is 0. The van der Waals surface area contributed by atoms with Crippen LogP contribution in [0.4, 0.5) is 18.0 Å². The fourth-order valence-corrected chi connectivity index (χ4v) is 1.26. The lowest BCUT2D eigenvalue weighted by Gasteiger charge is -2.07. The van der Waals surface area contributed by atoms with Crippen molar-refractivity contribution in [1.82, 2.24) is 5.43 Å². The van der Waals surface area contributed by atoms with Crippen molar-refractivity contribution in [3.8, 4) is 0 Å². The zero-order valence-corrected chi connectivity index (χ0v) is 10.4. The molecule has 1 aromatic rings. The van der Waals surface area contributed by atoms with Gasteiger partial charge in [-0.15, -0.1) is 0 Å². The van der Waals surface area contributed by atoms with Gasteiger partial charge in [-0.2, -0.15) is 18.3 Å². The Morgan fingerprint density at radius 3 is 2.37 bits per heavy atom. The highest BCUT2D eigenvalue weighted by Gasteiger charge is 2.29. The van der Waals surface area contributed by atoms with Gasteiger partial charge in [0.1, 0.15) is 0 Å². The van der Waals surface area contributed by atoms with Gasteiger partial charge in [-0.1, -0.05) is 12.1 Å². The van der Waals surface area contributed by atoms with Crippen molar-refractivity contribution in [2.24, 2.45) is 5.10 Å². The van der Waals surface area contributed by atoms with Gasteiger partial charge >= 0.3 is 12.3 Å². The number of alkyl halides is 3. The first kappa shape index (κ1) is 15.0. The standard InChI is InChI=1S/C12H13F3N2O2/c1-3-19-11(18)17-16-8(2)9-4-6-10(7-5-9)12(13,14)15/h4-7H,3H2,1-2H3,(H,17,18). The van der Waals surface area contributed by atoms with Crippen molar-refractivity contribution in [2.75, 3.05) is 6.61 Å². The van der Waals surface area contributed by atoms with Crippen LogP contribution in [0.15, 0.2) is 29.4 Å². The summed E-state index contributed by atoms with van der Waals surface area (Å²) < 4.78 is 41.7. The van der Waals surface area contributed by atoms with Gasteiger partial charge in [0.25, 0.3) is 0 Å². The quantitative estimate of drug-likeness (QED) is 0.680. The fourth-order valence-electron chi connectivity index (χ4n) is 1.26. The lowest BCUT2D eigenvalue weighted by molar-refractivity contribution is -0.137. The highest BCUT2D eigenvalue weighted by molar-refractivity contribution is 5.99. The molecule has 0 atom stereocenters. The number of carbonyl (C=O) groups excluding carboxylic acids is 1. The summed E-state index contributed by atoms with van der Waals surface area (Å²) in [4.78, 5) is 11.0. The van der Waals surface area contributed by atoms with Gasteiger partial charge in [0.05, 0.1) is 17.9 Å². The van der Waals surface area contributed by atoms with Crippen molar-refractivity contribution >= 4 is 11.8 Å². The molecule has 0 saturated heterocycles. The molecular weight excluding hydrogens is 261 g/mol. The topological polar surface area (TPSA) is 50.7 Å². The molecule has 7 heteroatoms. The Bertz CT molecular complexity index is 467. The maximum absolute atomic E-state index is 12.4. The fraction of sp³-hybridized carbons (Fsp3) is 0.333. The van der Waals surface area contributed by atoms with Gasteiger partial charge < -0.3 is 4.74 Å². The van der Waals surface area contributed by atoms with Gasteiger partial charge in [0, 0.05) is 0 Å². The van der Waals surface area contributed by atoms with Crippen LogP contribution in [0.5, 0.6) is 0 Å². The highest BCUT2D eigenvalue weighted by atomic mass is 19.4. The summed E-state index contributed by atoms with van der Waals surface area (Å²) in [7, 11) is 0. The minimum Gasteiger partial charge on any atom is -0.449 e. The second-order valence-electron chi connectivity index (χ2n) is 3.60. The molecule has 0 spiro atoms. The van der Waals surface area contributed by atoms with Gasteiger partial charge in [-0.25, -0.2) is 10.2 Å². The third kappa shape index (κ3) is 4.61. The number of amides is 1. The minimum absolute atomic E-state index is 0.209. The summed E-state index contributed by atoms with van der Waals surface area (Å²) in [6.45, 7) is 3.42. The third-order valence-corrected chi connectivity index (χ3v) is 2.22. The van der Waals surface area contributed by atoms with Crippen LogP contribution in [0.25, 0.3) is 0 Å². The molecule has 1 aromatic carbocycles. The van der Waals surface area contributed by atoms with E-state index in [9.17, 15) is 18.0 Å². The van der Waals surface area contributed by atoms with Crippen molar-refractivity contribution < 1.29 is 22.7 Å². The molecule has 0 aliphatic carbocycles. The molecule has 104 valence electrons. The van der Waals surface area contributed by atoms with Crippen molar-refractivity contribution in [1.29, 1.82) is 0 Å². The van der Waals surface area contributed by atoms with Crippen LogP contribution in [0.3, 0.4) is 0 Å². The van der Waals surface area contributed by atoms with E-state index in [1.54, 1.807) is 13.8 Å². The number of halogens is 3. The van der Waals surface area contributed by atoms with Crippen LogP contribution in [0.2, 0.25) is 0 Å². The number of rotatable bonds is 3. The second-order valence-corrected chi connectivity index (χ2v) is 3.60. The van der Waals surface area contributed by atoms with Crippen LogP contribution in [0, 0.1) is 0 Å². The Labute approximate surface area is 108 Å². The first-order valence-electron chi connectivity index (χ1n) is 5.49. The van der Waals surface area contributed by atoms with E-state index in [4.69, 9.17) is 0 Å². The van der Waals surface area contributed by atoms with Gasteiger partial charge in [-0.3, -0.25) is 0 Å². The number of ether oxygens (including phenoxy) is 1. The van der Waals surface area contributed by atoms with Crippen molar-refractivity contribution in [3.05, 3.63) is 35.4 Å². The Balaban J connectivity index is 2.75. The molecule has 1 rings (SSSR count). The molecule has 0 saturated carbocycles. The Morgan fingerprint density at radius 2 is 1.89 bits per heavy atom. The smallest absolute Gasteiger partial charge is 0.427 e. The maximum atomic E-state index is 12.4. The van der Waals surface area contributed by atoms with E-state index >= 15 is 0 Å². The molecule has 1 amide bonds. The number of hydrogen-bond acceptors (Lipinski definition) is 3.